The maximum Gasteiger partial charge on any atom is 0.272 e. The van der Waals surface area contributed by atoms with E-state index in [1.807, 2.05) is 0 Å². The van der Waals surface area contributed by atoms with Gasteiger partial charge in [-0.2, -0.15) is 5.10 Å². The van der Waals surface area contributed by atoms with Gasteiger partial charge in [-0.3, -0.25) is 14.7 Å². The Hall–Kier alpha value is -2.90. The lowest BCUT2D eigenvalue weighted by Crippen LogP contribution is -2.42. The molecule has 2 rings (SSSR count). The van der Waals surface area contributed by atoms with Gasteiger partial charge in [0, 0.05) is 6.07 Å². The number of carbonyl (C=O) groups is 2. The summed E-state index contributed by atoms with van der Waals surface area (Å²) in [7, 11) is 0. The molecule has 0 aliphatic rings. The molecular formula is C14H15FN4O3. The fourth-order valence-electron chi connectivity index (χ4n) is 1.61. The molecule has 1 aromatic carbocycles. The molecule has 1 heterocycles. The van der Waals surface area contributed by atoms with E-state index in [1.165, 1.54) is 31.2 Å². The molecule has 1 atom stereocenters. The van der Waals surface area contributed by atoms with Crippen LogP contribution >= 0.6 is 0 Å². The summed E-state index contributed by atoms with van der Waals surface area (Å²) in [6.45, 7) is 1.57. The minimum absolute atomic E-state index is 0.0924. The first kappa shape index (κ1) is 15.5. The van der Waals surface area contributed by atoms with E-state index in [9.17, 15) is 14.0 Å². The summed E-state index contributed by atoms with van der Waals surface area (Å²) in [5.41, 5.74) is 5.69. The number of nitrogens with one attached hydrogen (secondary N) is 2. The molecular weight excluding hydrogens is 291 g/mol. The fraction of sp³-hybridized carbons (Fsp3) is 0.214. The third-order valence-corrected chi connectivity index (χ3v) is 2.83. The zero-order chi connectivity index (χ0) is 16.1. The molecule has 0 unspecified atom stereocenters. The molecule has 0 radical (unpaired) electrons. The summed E-state index contributed by atoms with van der Waals surface area (Å²) in [5, 5.41) is 8.85. The molecule has 22 heavy (non-hydrogen) atoms. The van der Waals surface area contributed by atoms with Crippen LogP contribution in [-0.2, 0) is 11.4 Å². The highest BCUT2D eigenvalue weighted by Gasteiger charge is 2.16. The van der Waals surface area contributed by atoms with Gasteiger partial charge in [0.15, 0.2) is 0 Å². The van der Waals surface area contributed by atoms with Crippen LogP contribution in [0.4, 0.5) is 4.39 Å². The number of aromatic nitrogens is 2. The van der Waals surface area contributed by atoms with Crippen molar-refractivity contribution in [3.8, 4) is 5.75 Å². The van der Waals surface area contributed by atoms with Crippen molar-refractivity contribution in [2.75, 3.05) is 0 Å². The lowest BCUT2D eigenvalue weighted by atomic mass is 10.3. The van der Waals surface area contributed by atoms with Crippen LogP contribution in [0.15, 0.2) is 30.3 Å². The molecule has 4 N–H and O–H groups in total. The molecule has 2 amide bonds. The first-order chi connectivity index (χ1) is 10.5. The second kappa shape index (κ2) is 6.70. The Morgan fingerprint density at radius 3 is 2.91 bits per heavy atom. The molecule has 0 aliphatic carbocycles. The van der Waals surface area contributed by atoms with Crippen LogP contribution in [0.1, 0.15) is 23.1 Å². The first-order valence-corrected chi connectivity index (χ1v) is 6.48. The number of hydrogen-bond acceptors (Lipinski definition) is 4. The standard InChI is InChI=1S/C14H15FN4O3/c1-8(13(16)20)17-14(21)12-6-10(18-19-12)7-22-11-4-2-3-9(15)5-11/h2-6,8H,7H2,1H3,(H2,16,20)(H,17,21)(H,18,19)/t8-/m1/s1. The summed E-state index contributed by atoms with van der Waals surface area (Å²) in [6.07, 6.45) is 0. The fourth-order valence-corrected chi connectivity index (χ4v) is 1.61. The lowest BCUT2D eigenvalue weighted by Gasteiger charge is -2.07. The van der Waals surface area contributed by atoms with Crippen molar-refractivity contribution >= 4 is 11.8 Å². The largest absolute Gasteiger partial charge is 0.487 e. The summed E-state index contributed by atoms with van der Waals surface area (Å²) < 4.78 is 18.4. The average molecular weight is 306 g/mol. The first-order valence-electron chi connectivity index (χ1n) is 6.48. The maximum absolute atomic E-state index is 13.0. The predicted octanol–water partition coefficient (Wildman–Crippen LogP) is 0.731. The zero-order valence-corrected chi connectivity index (χ0v) is 11.8. The topological polar surface area (TPSA) is 110 Å². The van der Waals surface area contributed by atoms with Crippen molar-refractivity contribution in [3.63, 3.8) is 0 Å². The van der Waals surface area contributed by atoms with Gasteiger partial charge in [-0.1, -0.05) is 6.07 Å². The Labute approximate surface area is 125 Å². The highest BCUT2D eigenvalue weighted by atomic mass is 19.1. The molecule has 0 bridgehead atoms. The van der Waals surface area contributed by atoms with Crippen LogP contribution < -0.4 is 15.8 Å². The summed E-state index contributed by atoms with van der Waals surface area (Å²) in [5.74, 6) is -1.20. The number of primary amides is 1. The average Bonchev–Trinajstić information content (AvgIpc) is 2.94. The Kier molecular flexibility index (Phi) is 4.72. The predicted molar refractivity (Wildman–Crippen MR) is 75.4 cm³/mol. The minimum Gasteiger partial charge on any atom is -0.487 e. The van der Waals surface area contributed by atoms with Gasteiger partial charge in [0.25, 0.3) is 5.91 Å². The quantitative estimate of drug-likeness (QED) is 0.730. The lowest BCUT2D eigenvalue weighted by molar-refractivity contribution is -0.119. The minimum atomic E-state index is -0.795. The number of benzene rings is 1. The summed E-state index contributed by atoms with van der Waals surface area (Å²) in [4.78, 5) is 22.7. The van der Waals surface area contributed by atoms with Crippen LogP contribution in [0.25, 0.3) is 0 Å². The third-order valence-electron chi connectivity index (χ3n) is 2.83. The number of rotatable bonds is 6. The molecule has 0 spiro atoms. The number of ether oxygens (including phenoxy) is 1. The van der Waals surface area contributed by atoms with E-state index >= 15 is 0 Å². The highest BCUT2D eigenvalue weighted by Crippen LogP contribution is 2.13. The van der Waals surface area contributed by atoms with E-state index in [0.29, 0.717) is 11.4 Å². The molecule has 0 saturated carbocycles. The number of carbonyl (C=O) groups excluding carboxylic acids is 2. The van der Waals surface area contributed by atoms with Crippen LogP contribution in [0, 0.1) is 5.82 Å². The van der Waals surface area contributed by atoms with Crippen LogP contribution in [0.5, 0.6) is 5.75 Å². The molecule has 7 nitrogen and oxygen atoms in total. The number of aromatic amines is 1. The van der Waals surface area contributed by atoms with Gasteiger partial charge in [0.2, 0.25) is 5.91 Å². The molecule has 116 valence electrons. The van der Waals surface area contributed by atoms with Gasteiger partial charge in [0.05, 0.1) is 5.69 Å². The Balaban J connectivity index is 1.94. The molecule has 2 aromatic rings. The van der Waals surface area contributed by atoms with E-state index in [-0.39, 0.29) is 12.3 Å². The van der Waals surface area contributed by atoms with E-state index in [0.717, 1.165) is 0 Å². The van der Waals surface area contributed by atoms with Crippen molar-refractivity contribution in [2.45, 2.75) is 19.6 Å². The molecule has 0 saturated heterocycles. The van der Waals surface area contributed by atoms with Gasteiger partial charge < -0.3 is 15.8 Å². The molecule has 0 aliphatic heterocycles. The second-order valence-electron chi connectivity index (χ2n) is 4.62. The summed E-state index contributed by atoms with van der Waals surface area (Å²) in [6, 6.07) is 6.38. The van der Waals surface area contributed by atoms with Gasteiger partial charge in [-0.05, 0) is 25.1 Å². The number of H-pyrrole nitrogens is 1. The smallest absolute Gasteiger partial charge is 0.272 e. The SMILES string of the molecule is C[C@@H](NC(=O)c1cc(COc2cccc(F)c2)[nH]n1)C(N)=O. The van der Waals surface area contributed by atoms with Crippen LogP contribution in [0.2, 0.25) is 0 Å². The Bertz CT molecular complexity index is 686. The summed E-state index contributed by atoms with van der Waals surface area (Å²) >= 11 is 0. The number of nitrogens with two attached hydrogens (primary N) is 1. The Morgan fingerprint density at radius 2 is 2.23 bits per heavy atom. The normalized spacial score (nSPS) is 11.7. The van der Waals surface area contributed by atoms with E-state index in [1.54, 1.807) is 6.07 Å². The van der Waals surface area contributed by atoms with Crippen LogP contribution in [-0.4, -0.2) is 28.1 Å². The number of hydrogen-bond donors (Lipinski definition) is 3. The van der Waals surface area contributed by atoms with Gasteiger partial charge in [-0.15, -0.1) is 0 Å². The number of nitrogens with zero attached hydrogens (tertiary/aromatic N) is 1. The van der Waals surface area contributed by atoms with Crippen molar-refractivity contribution in [2.24, 2.45) is 5.73 Å². The van der Waals surface area contributed by atoms with Crippen LogP contribution in [0.3, 0.4) is 0 Å². The van der Waals surface area contributed by atoms with Gasteiger partial charge in [-0.25, -0.2) is 4.39 Å². The van der Waals surface area contributed by atoms with Gasteiger partial charge in [0.1, 0.15) is 29.9 Å². The molecule has 1 aromatic heterocycles. The molecule has 8 heteroatoms. The Morgan fingerprint density at radius 1 is 1.45 bits per heavy atom. The maximum atomic E-state index is 13.0. The highest BCUT2D eigenvalue weighted by molar-refractivity contribution is 5.95. The molecule has 0 fully saturated rings. The van der Waals surface area contributed by atoms with E-state index < -0.39 is 23.7 Å². The number of amides is 2. The monoisotopic (exact) mass is 306 g/mol. The van der Waals surface area contributed by atoms with Gasteiger partial charge >= 0.3 is 0 Å². The number of halogens is 1. The van der Waals surface area contributed by atoms with Crippen molar-refractivity contribution in [3.05, 3.63) is 47.5 Å². The zero-order valence-electron chi connectivity index (χ0n) is 11.8. The third kappa shape index (κ3) is 4.05. The second-order valence-corrected chi connectivity index (χ2v) is 4.62. The van der Waals surface area contributed by atoms with E-state index in [4.69, 9.17) is 10.5 Å². The van der Waals surface area contributed by atoms with Crippen molar-refractivity contribution in [1.29, 1.82) is 0 Å². The van der Waals surface area contributed by atoms with Crippen molar-refractivity contribution < 1.29 is 18.7 Å². The van der Waals surface area contributed by atoms with Crippen molar-refractivity contribution in [1.82, 2.24) is 15.5 Å². The van der Waals surface area contributed by atoms with E-state index in [2.05, 4.69) is 15.5 Å².